The third kappa shape index (κ3) is 8.54. The zero-order chi connectivity index (χ0) is 35.6. The molecule has 3 amide bonds. The van der Waals surface area contributed by atoms with Crippen LogP contribution < -0.4 is 29.7 Å². The number of piperazine rings is 1. The number of thioether (sulfide) groups is 1. The van der Waals surface area contributed by atoms with Crippen LogP contribution in [0.25, 0.3) is 22.1 Å². The van der Waals surface area contributed by atoms with E-state index in [0.29, 0.717) is 47.1 Å². The zero-order valence-electron chi connectivity index (χ0n) is 28.3. The molecule has 1 aliphatic rings. The van der Waals surface area contributed by atoms with Gasteiger partial charge in [-0.2, -0.15) is 0 Å². The van der Waals surface area contributed by atoms with Gasteiger partial charge in [0.05, 0.1) is 42.0 Å². The van der Waals surface area contributed by atoms with Crippen molar-refractivity contribution in [1.29, 1.82) is 0 Å². The van der Waals surface area contributed by atoms with E-state index in [1.807, 2.05) is 48.5 Å². The topological polar surface area (TPSA) is 144 Å². The Kier molecular flexibility index (Phi) is 11.2. The lowest BCUT2D eigenvalue weighted by Gasteiger charge is -2.36. The van der Waals surface area contributed by atoms with E-state index >= 15 is 0 Å². The minimum atomic E-state index is -0.658. The molecule has 0 radical (unpaired) electrons. The largest absolute Gasteiger partial charge is 0.478 e. The summed E-state index contributed by atoms with van der Waals surface area (Å²) < 4.78 is 15.6. The number of methoxy groups -OCH3 is 2. The number of nitrogens with zero attached hydrogens (tertiary/aromatic N) is 6. The third-order valence-corrected chi connectivity index (χ3v) is 8.64. The summed E-state index contributed by atoms with van der Waals surface area (Å²) in [5.74, 6) is 1.52. The van der Waals surface area contributed by atoms with Crippen LogP contribution in [0.1, 0.15) is 0 Å². The lowest BCUT2D eigenvalue weighted by molar-refractivity contribution is 0.207. The molecule has 0 bridgehead atoms. The van der Waals surface area contributed by atoms with Gasteiger partial charge in [-0.3, -0.25) is 10.6 Å². The van der Waals surface area contributed by atoms with Crippen LogP contribution >= 0.6 is 11.8 Å². The first-order valence-corrected chi connectivity index (χ1v) is 17.3. The molecule has 0 aliphatic carbocycles. The zero-order valence-corrected chi connectivity index (χ0v) is 29.1. The summed E-state index contributed by atoms with van der Waals surface area (Å²) in [6.07, 6.45) is 1.43. The Bertz CT molecular complexity index is 2130. The molecule has 1 aliphatic heterocycles. The second-order valence-corrected chi connectivity index (χ2v) is 11.9. The van der Waals surface area contributed by atoms with Crippen molar-refractivity contribution in [3.8, 4) is 17.5 Å². The highest BCUT2D eigenvalue weighted by molar-refractivity contribution is 7.98. The van der Waals surface area contributed by atoms with E-state index in [-0.39, 0.29) is 17.7 Å². The average molecular weight is 705 g/mol. The molecule has 6 aromatic rings. The summed E-state index contributed by atoms with van der Waals surface area (Å²) >= 11 is 1.74. The maximum absolute atomic E-state index is 12.8. The molecular formula is C37H36N8O5S. The minimum absolute atomic E-state index is 0.189. The number of carbonyl (C=O) groups excluding carboxylic acids is 2. The highest BCUT2D eigenvalue weighted by Crippen LogP contribution is 2.30. The molecule has 4 aromatic carbocycles. The summed E-state index contributed by atoms with van der Waals surface area (Å²) in [5, 5.41) is 5.41. The van der Waals surface area contributed by atoms with E-state index in [2.05, 4.69) is 66.0 Å². The average Bonchev–Trinajstić information content (AvgIpc) is 3.18. The van der Waals surface area contributed by atoms with Crippen molar-refractivity contribution in [3.05, 3.63) is 103 Å². The van der Waals surface area contributed by atoms with Crippen molar-refractivity contribution in [2.45, 2.75) is 4.90 Å². The van der Waals surface area contributed by atoms with Crippen molar-refractivity contribution in [1.82, 2.24) is 24.8 Å². The molecule has 14 heteroatoms. The molecule has 0 spiro atoms. The maximum atomic E-state index is 12.8. The van der Waals surface area contributed by atoms with Crippen LogP contribution in [0.2, 0.25) is 0 Å². The van der Waals surface area contributed by atoms with E-state index in [4.69, 9.17) is 14.2 Å². The fourth-order valence-corrected chi connectivity index (χ4v) is 5.98. The van der Waals surface area contributed by atoms with Crippen LogP contribution in [0.15, 0.2) is 108 Å². The van der Waals surface area contributed by atoms with Crippen LogP contribution in [0.3, 0.4) is 0 Å². The van der Waals surface area contributed by atoms with Crippen LogP contribution in [0, 0.1) is 0 Å². The van der Waals surface area contributed by atoms with E-state index in [0.717, 1.165) is 18.6 Å². The van der Waals surface area contributed by atoms with Gasteiger partial charge in [0.2, 0.25) is 0 Å². The number of anilines is 3. The highest BCUT2D eigenvalue weighted by atomic mass is 32.2. The van der Waals surface area contributed by atoms with Crippen LogP contribution in [-0.4, -0.2) is 83.6 Å². The fourth-order valence-electron chi connectivity index (χ4n) is 5.35. The van der Waals surface area contributed by atoms with Gasteiger partial charge in [-0.25, -0.2) is 29.5 Å². The van der Waals surface area contributed by atoms with Gasteiger partial charge in [-0.05, 0) is 54.8 Å². The number of amides is 3. The number of urea groups is 1. The van der Waals surface area contributed by atoms with E-state index < -0.39 is 6.09 Å². The minimum Gasteiger partial charge on any atom is -0.478 e. The molecule has 3 heterocycles. The number of hydrogen-bond donors (Lipinski definition) is 2. The number of ether oxygens (including phenoxy) is 3. The Balaban J connectivity index is 0.000000183. The number of para-hydroxylation sites is 6. The molecule has 2 aromatic heterocycles. The Morgan fingerprint density at radius 1 is 0.627 bits per heavy atom. The molecule has 13 nitrogen and oxygen atoms in total. The first-order valence-electron chi connectivity index (χ1n) is 16.0. The second-order valence-electron chi connectivity index (χ2n) is 11.0. The molecule has 1 saturated heterocycles. The number of fused-ring (bicyclic) bond motifs is 2. The van der Waals surface area contributed by atoms with Gasteiger partial charge in [0.25, 0.3) is 11.8 Å². The Morgan fingerprint density at radius 3 is 1.67 bits per heavy atom. The quantitative estimate of drug-likeness (QED) is 0.166. The lowest BCUT2D eigenvalue weighted by atomic mass is 10.2. The smallest absolute Gasteiger partial charge is 0.418 e. The summed E-state index contributed by atoms with van der Waals surface area (Å²) in [4.78, 5) is 47.7. The van der Waals surface area contributed by atoms with E-state index in [1.54, 1.807) is 47.0 Å². The Hall–Kier alpha value is -6.15. The maximum Gasteiger partial charge on any atom is 0.418 e. The van der Waals surface area contributed by atoms with Crippen LogP contribution in [0.5, 0.6) is 17.5 Å². The summed E-state index contributed by atoms with van der Waals surface area (Å²) in [6, 6.07) is 31.8. The molecule has 0 atom stereocenters. The van der Waals surface area contributed by atoms with Crippen LogP contribution in [0.4, 0.5) is 26.9 Å². The number of aromatic nitrogens is 4. The molecule has 0 saturated carbocycles. The molecule has 1 fully saturated rings. The van der Waals surface area contributed by atoms with Gasteiger partial charge in [0.15, 0.2) is 11.6 Å². The standard InChI is InChI=1S/C21H23N5O2S.C16H13N3O3/c1-28-20-19(22-15-7-3-4-8-16(15)23-20)24-21(27)26-13-11-25(12-14-26)17-9-5-6-10-18(17)29-2;1-21-15-14(17-12-9-5-6-10-13(12)18-15)19-16(20)22-11-7-3-2-4-8-11/h3-10H,11-14H2,1-2H3,(H,22,24,27);2-10H,1H3,(H,17,19,20). The van der Waals surface area contributed by atoms with Crippen molar-refractivity contribution < 1.29 is 23.8 Å². The predicted molar refractivity (Wildman–Crippen MR) is 199 cm³/mol. The fraction of sp³-hybridized carbons (Fsp3) is 0.189. The van der Waals surface area contributed by atoms with Crippen molar-refractivity contribution >= 4 is 63.3 Å². The number of carbonyl (C=O) groups is 2. The molecule has 7 rings (SSSR count). The summed E-state index contributed by atoms with van der Waals surface area (Å²) in [7, 11) is 2.99. The first kappa shape index (κ1) is 34.7. The first-order chi connectivity index (χ1) is 24.9. The number of nitrogens with one attached hydrogen (secondary N) is 2. The molecule has 0 unspecified atom stereocenters. The molecule has 260 valence electrons. The van der Waals surface area contributed by atoms with Crippen molar-refractivity contribution in [2.24, 2.45) is 0 Å². The van der Waals surface area contributed by atoms with Crippen LogP contribution in [-0.2, 0) is 0 Å². The van der Waals surface area contributed by atoms with E-state index in [9.17, 15) is 9.59 Å². The summed E-state index contributed by atoms with van der Waals surface area (Å²) in [6.45, 7) is 2.84. The Morgan fingerprint density at radius 2 is 1.12 bits per heavy atom. The van der Waals surface area contributed by atoms with Crippen molar-refractivity contribution in [2.75, 3.05) is 62.2 Å². The monoisotopic (exact) mass is 704 g/mol. The van der Waals surface area contributed by atoms with Gasteiger partial charge in [0.1, 0.15) is 5.75 Å². The molecule has 2 N–H and O–H groups in total. The van der Waals surface area contributed by atoms with Gasteiger partial charge < -0.3 is 24.0 Å². The van der Waals surface area contributed by atoms with Gasteiger partial charge in [-0.15, -0.1) is 11.8 Å². The number of benzene rings is 4. The van der Waals surface area contributed by atoms with Gasteiger partial charge in [0, 0.05) is 31.1 Å². The highest BCUT2D eigenvalue weighted by Gasteiger charge is 2.24. The predicted octanol–water partition coefficient (Wildman–Crippen LogP) is 6.96. The SMILES string of the molecule is COc1nc2ccccc2nc1NC(=O)N1CCN(c2ccccc2SC)CC1.COc1nc2ccccc2nc1NC(=O)Oc1ccccc1. The van der Waals surface area contributed by atoms with Crippen molar-refractivity contribution in [3.63, 3.8) is 0 Å². The molecular weight excluding hydrogens is 669 g/mol. The Labute approximate surface area is 299 Å². The van der Waals surface area contributed by atoms with Gasteiger partial charge in [-0.1, -0.05) is 54.6 Å². The summed E-state index contributed by atoms with van der Waals surface area (Å²) in [5.41, 5.74) is 3.99. The normalized spacial score (nSPS) is 12.5. The number of rotatable bonds is 7. The number of hydrogen-bond acceptors (Lipinski definition) is 11. The lowest BCUT2D eigenvalue weighted by Crippen LogP contribution is -2.50. The van der Waals surface area contributed by atoms with E-state index in [1.165, 1.54) is 24.8 Å². The van der Waals surface area contributed by atoms with Gasteiger partial charge >= 0.3 is 12.1 Å². The third-order valence-electron chi connectivity index (χ3n) is 7.86. The molecule has 51 heavy (non-hydrogen) atoms. The second kappa shape index (κ2) is 16.5.